The normalized spacial score (nSPS) is 14.4. The highest BCUT2D eigenvalue weighted by Gasteiger charge is 2.22. The van der Waals surface area contributed by atoms with Crippen LogP contribution >= 0.6 is 27.5 Å². The number of benzene rings is 1. The Hall–Kier alpha value is -1.99. The zero-order chi connectivity index (χ0) is 18.7. The first-order valence-corrected chi connectivity index (χ1v) is 9.43. The highest BCUT2D eigenvalue weighted by atomic mass is 79.9. The lowest BCUT2D eigenvalue weighted by Crippen LogP contribution is -2.51. The van der Waals surface area contributed by atoms with E-state index in [0.717, 1.165) is 24.3 Å². The molecule has 0 spiro atoms. The van der Waals surface area contributed by atoms with Crippen molar-refractivity contribution in [2.75, 3.05) is 37.6 Å². The van der Waals surface area contributed by atoms with Crippen LogP contribution in [0.2, 0.25) is 5.02 Å². The van der Waals surface area contributed by atoms with Gasteiger partial charge in [0.05, 0.1) is 6.54 Å². The Morgan fingerprint density at radius 1 is 1.19 bits per heavy atom. The molecule has 1 saturated heterocycles. The van der Waals surface area contributed by atoms with Gasteiger partial charge in [-0.15, -0.1) is 0 Å². The summed E-state index contributed by atoms with van der Waals surface area (Å²) in [7, 11) is 0. The van der Waals surface area contributed by atoms with Gasteiger partial charge in [-0.2, -0.15) is 0 Å². The van der Waals surface area contributed by atoms with Gasteiger partial charge in [-0.05, 0) is 53.2 Å². The van der Waals surface area contributed by atoms with E-state index in [9.17, 15) is 9.59 Å². The smallest absolute Gasteiger partial charge is 0.287 e. The molecular weight excluding hydrogens is 422 g/mol. The molecular formula is C18H19BrClN3O3. The fourth-order valence-corrected chi connectivity index (χ4v) is 3.51. The first kappa shape index (κ1) is 18.8. The lowest BCUT2D eigenvalue weighted by molar-refractivity contribution is -0.130. The number of rotatable bonds is 4. The maximum Gasteiger partial charge on any atom is 0.287 e. The van der Waals surface area contributed by atoms with Crippen molar-refractivity contribution in [2.45, 2.75) is 6.92 Å². The molecule has 0 bridgehead atoms. The number of nitrogens with one attached hydrogen (secondary N) is 1. The second-order valence-electron chi connectivity index (χ2n) is 6.09. The van der Waals surface area contributed by atoms with Crippen LogP contribution in [0, 0.1) is 6.92 Å². The summed E-state index contributed by atoms with van der Waals surface area (Å²) in [6, 6.07) is 9.39. The van der Waals surface area contributed by atoms with E-state index in [0.29, 0.717) is 22.8 Å². The van der Waals surface area contributed by atoms with Crippen LogP contribution < -0.4 is 10.2 Å². The number of anilines is 1. The zero-order valence-corrected chi connectivity index (χ0v) is 16.6. The molecule has 2 aromatic rings. The van der Waals surface area contributed by atoms with E-state index in [1.165, 1.54) is 0 Å². The van der Waals surface area contributed by atoms with E-state index in [2.05, 4.69) is 26.1 Å². The Balaban J connectivity index is 1.48. The Kier molecular flexibility index (Phi) is 5.88. The van der Waals surface area contributed by atoms with E-state index in [-0.39, 0.29) is 24.1 Å². The third-order valence-electron chi connectivity index (χ3n) is 4.32. The van der Waals surface area contributed by atoms with Crippen molar-refractivity contribution in [1.29, 1.82) is 0 Å². The Morgan fingerprint density at radius 2 is 1.85 bits per heavy atom. The maximum absolute atomic E-state index is 12.3. The summed E-state index contributed by atoms with van der Waals surface area (Å²) in [6.45, 7) is 4.45. The number of aryl methyl sites for hydroxylation is 1. The minimum atomic E-state index is -0.388. The van der Waals surface area contributed by atoms with Gasteiger partial charge in [-0.3, -0.25) is 9.59 Å². The molecule has 0 aliphatic carbocycles. The Labute approximate surface area is 165 Å². The van der Waals surface area contributed by atoms with E-state index in [4.69, 9.17) is 16.0 Å². The highest BCUT2D eigenvalue weighted by Crippen LogP contribution is 2.20. The minimum absolute atomic E-state index is 0.0441. The molecule has 2 heterocycles. The average Bonchev–Trinajstić information content (AvgIpc) is 2.98. The summed E-state index contributed by atoms with van der Waals surface area (Å²) in [4.78, 5) is 28.4. The van der Waals surface area contributed by atoms with Gasteiger partial charge in [-0.1, -0.05) is 11.6 Å². The minimum Gasteiger partial charge on any atom is -0.444 e. The number of hydrogen-bond acceptors (Lipinski definition) is 4. The number of carbonyl (C=O) groups excluding carboxylic acids is 2. The predicted molar refractivity (Wildman–Crippen MR) is 104 cm³/mol. The molecule has 0 saturated carbocycles. The van der Waals surface area contributed by atoms with Crippen molar-refractivity contribution in [3.05, 3.63) is 51.3 Å². The first-order chi connectivity index (χ1) is 12.4. The third kappa shape index (κ3) is 4.40. The quantitative estimate of drug-likeness (QED) is 0.793. The van der Waals surface area contributed by atoms with Crippen LogP contribution in [0.5, 0.6) is 0 Å². The van der Waals surface area contributed by atoms with Crippen LogP contribution in [0.1, 0.15) is 16.1 Å². The summed E-state index contributed by atoms with van der Waals surface area (Å²) in [6.07, 6.45) is 0. The second kappa shape index (κ2) is 8.14. The molecule has 1 aliphatic rings. The monoisotopic (exact) mass is 439 g/mol. The van der Waals surface area contributed by atoms with E-state index < -0.39 is 0 Å². The van der Waals surface area contributed by atoms with E-state index in [1.54, 1.807) is 17.9 Å². The molecule has 8 heteroatoms. The van der Waals surface area contributed by atoms with Crippen molar-refractivity contribution >= 4 is 45.0 Å². The van der Waals surface area contributed by atoms with Gasteiger partial charge in [0.1, 0.15) is 0 Å². The van der Waals surface area contributed by atoms with Gasteiger partial charge >= 0.3 is 0 Å². The molecule has 1 aromatic heterocycles. The predicted octanol–water partition coefficient (Wildman–Crippen LogP) is 3.08. The zero-order valence-electron chi connectivity index (χ0n) is 14.3. The number of amides is 2. The maximum atomic E-state index is 12.3. The van der Waals surface area contributed by atoms with Crippen LogP contribution in [0.25, 0.3) is 0 Å². The number of halogens is 2. The third-order valence-corrected chi connectivity index (χ3v) is 4.96. The van der Waals surface area contributed by atoms with Crippen LogP contribution in [-0.4, -0.2) is 49.4 Å². The van der Waals surface area contributed by atoms with Crippen LogP contribution in [0.15, 0.2) is 39.4 Å². The average molecular weight is 441 g/mol. The fraction of sp³-hybridized carbons (Fsp3) is 0.333. The first-order valence-electron chi connectivity index (χ1n) is 8.26. The van der Waals surface area contributed by atoms with Gasteiger partial charge in [-0.25, -0.2) is 0 Å². The van der Waals surface area contributed by atoms with Crippen molar-refractivity contribution in [1.82, 2.24) is 10.2 Å². The van der Waals surface area contributed by atoms with Crippen LogP contribution in [0.4, 0.5) is 5.69 Å². The molecule has 0 unspecified atom stereocenters. The van der Waals surface area contributed by atoms with Crippen molar-refractivity contribution in [3.8, 4) is 0 Å². The molecule has 1 fully saturated rings. The summed E-state index contributed by atoms with van der Waals surface area (Å²) in [5.74, 6) is -0.268. The number of carbonyl (C=O) groups is 2. The van der Waals surface area contributed by atoms with Gasteiger partial charge in [0, 0.05) is 42.5 Å². The lowest BCUT2D eigenvalue weighted by atomic mass is 10.2. The Morgan fingerprint density at radius 3 is 2.42 bits per heavy atom. The largest absolute Gasteiger partial charge is 0.444 e. The summed E-state index contributed by atoms with van der Waals surface area (Å²) >= 11 is 9.10. The highest BCUT2D eigenvalue weighted by molar-refractivity contribution is 9.10. The number of furan rings is 1. The number of nitrogens with zero attached hydrogens (tertiary/aromatic N) is 2. The van der Waals surface area contributed by atoms with E-state index in [1.807, 2.05) is 24.3 Å². The number of piperazine rings is 1. The molecule has 1 N–H and O–H groups in total. The van der Waals surface area contributed by atoms with Crippen LogP contribution in [0.3, 0.4) is 0 Å². The molecule has 138 valence electrons. The summed E-state index contributed by atoms with van der Waals surface area (Å²) in [5, 5.41) is 3.33. The molecule has 1 aliphatic heterocycles. The van der Waals surface area contributed by atoms with E-state index >= 15 is 0 Å². The molecule has 0 atom stereocenters. The van der Waals surface area contributed by atoms with Crippen molar-refractivity contribution in [3.63, 3.8) is 0 Å². The van der Waals surface area contributed by atoms with Crippen LogP contribution in [-0.2, 0) is 4.79 Å². The van der Waals surface area contributed by atoms with Crippen molar-refractivity contribution in [2.24, 2.45) is 0 Å². The lowest BCUT2D eigenvalue weighted by Gasteiger charge is -2.36. The Bertz CT molecular complexity index is 799. The second-order valence-corrected chi connectivity index (χ2v) is 7.31. The van der Waals surface area contributed by atoms with Gasteiger partial charge < -0.3 is 19.5 Å². The molecule has 26 heavy (non-hydrogen) atoms. The standard InChI is InChI=1S/C18H19BrClN3O3/c1-12-10-15(19)26-17(12)18(25)21-11-16(24)23-8-6-22(7-9-23)14-4-2-13(20)3-5-14/h2-5,10H,6-9,11H2,1H3,(H,21,25). The fourth-order valence-electron chi connectivity index (χ4n) is 2.88. The topological polar surface area (TPSA) is 65.8 Å². The van der Waals surface area contributed by atoms with Gasteiger partial charge in [0.15, 0.2) is 10.4 Å². The van der Waals surface area contributed by atoms with Gasteiger partial charge in [0.2, 0.25) is 5.91 Å². The summed E-state index contributed by atoms with van der Waals surface area (Å²) in [5.41, 5.74) is 1.81. The molecule has 0 radical (unpaired) electrons. The summed E-state index contributed by atoms with van der Waals surface area (Å²) < 4.78 is 5.78. The SMILES string of the molecule is Cc1cc(Br)oc1C(=O)NCC(=O)N1CCN(c2ccc(Cl)cc2)CC1. The number of hydrogen-bond donors (Lipinski definition) is 1. The van der Waals surface area contributed by atoms with Gasteiger partial charge in [0.25, 0.3) is 5.91 Å². The molecule has 1 aromatic carbocycles. The molecule has 6 nitrogen and oxygen atoms in total. The van der Waals surface area contributed by atoms with Crippen molar-refractivity contribution < 1.29 is 14.0 Å². The molecule has 3 rings (SSSR count). The molecule has 2 amide bonds.